The van der Waals surface area contributed by atoms with Crippen LogP contribution >= 0.6 is 15.9 Å². The lowest BCUT2D eigenvalue weighted by atomic mass is 10.2. The van der Waals surface area contributed by atoms with Gasteiger partial charge >= 0.3 is 0 Å². The number of benzene rings is 2. The molecule has 0 saturated heterocycles. The first-order chi connectivity index (χ1) is 12.5. The van der Waals surface area contributed by atoms with Gasteiger partial charge in [0, 0.05) is 47.5 Å². The predicted molar refractivity (Wildman–Crippen MR) is 110 cm³/mol. The summed E-state index contributed by atoms with van der Waals surface area (Å²) in [6.07, 6.45) is 0.222. The maximum absolute atomic E-state index is 12.0. The van der Waals surface area contributed by atoms with E-state index in [1.54, 1.807) is 12.1 Å². The summed E-state index contributed by atoms with van der Waals surface area (Å²) in [4.78, 5) is 26.3. The summed E-state index contributed by atoms with van der Waals surface area (Å²) in [5, 5.41) is 5.60. The van der Waals surface area contributed by atoms with Gasteiger partial charge in [-0.05, 0) is 62.4 Å². The van der Waals surface area contributed by atoms with Crippen molar-refractivity contribution in [2.75, 3.05) is 29.9 Å². The molecule has 0 atom stereocenters. The molecule has 26 heavy (non-hydrogen) atoms. The van der Waals surface area contributed by atoms with Crippen molar-refractivity contribution in [2.45, 2.75) is 20.3 Å². The van der Waals surface area contributed by atoms with Gasteiger partial charge in [-0.1, -0.05) is 15.9 Å². The number of carbonyl (C=O) groups excluding carboxylic acids is 2. The second kappa shape index (κ2) is 9.97. The maximum atomic E-state index is 12.0. The lowest BCUT2D eigenvalue weighted by Gasteiger charge is -2.21. The second-order valence-corrected chi connectivity index (χ2v) is 6.70. The SMILES string of the molecule is CCN(CC)c1ccc(NC(=O)CCNC(=O)c2ccc(Br)cc2)cc1. The van der Waals surface area contributed by atoms with Crippen molar-refractivity contribution < 1.29 is 9.59 Å². The highest BCUT2D eigenvalue weighted by atomic mass is 79.9. The Balaban J connectivity index is 1.78. The van der Waals surface area contributed by atoms with Crippen molar-refractivity contribution in [3.05, 3.63) is 58.6 Å². The van der Waals surface area contributed by atoms with Gasteiger partial charge in [0.05, 0.1) is 0 Å². The molecule has 0 aliphatic carbocycles. The first-order valence-corrected chi connectivity index (χ1v) is 9.51. The van der Waals surface area contributed by atoms with Crippen LogP contribution in [-0.4, -0.2) is 31.4 Å². The van der Waals surface area contributed by atoms with E-state index < -0.39 is 0 Å². The molecule has 2 aromatic carbocycles. The van der Waals surface area contributed by atoms with Crippen molar-refractivity contribution >= 4 is 39.1 Å². The van der Waals surface area contributed by atoms with E-state index in [9.17, 15) is 9.59 Å². The zero-order valence-corrected chi connectivity index (χ0v) is 16.7. The summed E-state index contributed by atoms with van der Waals surface area (Å²) in [5.41, 5.74) is 2.46. The van der Waals surface area contributed by atoms with Crippen LogP contribution in [0.3, 0.4) is 0 Å². The van der Waals surface area contributed by atoms with Crippen molar-refractivity contribution in [2.24, 2.45) is 0 Å². The Kier molecular flexibility index (Phi) is 7.66. The molecule has 2 aromatic rings. The number of halogens is 1. The molecule has 2 rings (SSSR count). The molecule has 6 heteroatoms. The topological polar surface area (TPSA) is 61.4 Å². The van der Waals surface area contributed by atoms with Crippen LogP contribution in [-0.2, 0) is 4.79 Å². The molecular weight excluding hydrogens is 394 g/mol. The van der Waals surface area contributed by atoms with Crippen molar-refractivity contribution in [3.8, 4) is 0 Å². The van der Waals surface area contributed by atoms with Crippen LogP contribution in [0.5, 0.6) is 0 Å². The minimum Gasteiger partial charge on any atom is -0.372 e. The van der Waals surface area contributed by atoms with Crippen LogP contribution in [0, 0.1) is 0 Å². The number of amides is 2. The number of carbonyl (C=O) groups is 2. The molecule has 0 aliphatic rings. The normalized spacial score (nSPS) is 10.3. The summed E-state index contributed by atoms with van der Waals surface area (Å²) in [5.74, 6) is -0.314. The fourth-order valence-corrected chi connectivity index (χ4v) is 2.83. The summed E-state index contributed by atoms with van der Waals surface area (Å²) < 4.78 is 0.917. The van der Waals surface area contributed by atoms with Gasteiger partial charge in [-0.15, -0.1) is 0 Å². The summed E-state index contributed by atoms with van der Waals surface area (Å²) in [6, 6.07) is 14.9. The van der Waals surface area contributed by atoms with Crippen LogP contribution in [0.15, 0.2) is 53.0 Å². The minimum atomic E-state index is -0.186. The Morgan fingerprint density at radius 3 is 2.15 bits per heavy atom. The van der Waals surface area contributed by atoms with Crippen LogP contribution in [0.25, 0.3) is 0 Å². The number of hydrogen-bond acceptors (Lipinski definition) is 3. The lowest BCUT2D eigenvalue weighted by Crippen LogP contribution is -2.27. The Hall–Kier alpha value is -2.34. The molecule has 138 valence electrons. The average molecular weight is 418 g/mol. The summed E-state index contributed by atoms with van der Waals surface area (Å²) >= 11 is 3.33. The third-order valence-corrected chi connectivity index (χ3v) is 4.55. The molecule has 2 amide bonds. The molecule has 0 aliphatic heterocycles. The summed E-state index contributed by atoms with van der Waals surface area (Å²) in [7, 11) is 0. The lowest BCUT2D eigenvalue weighted by molar-refractivity contribution is -0.116. The Morgan fingerprint density at radius 2 is 1.58 bits per heavy atom. The molecule has 0 radical (unpaired) electrons. The highest BCUT2D eigenvalue weighted by Gasteiger charge is 2.07. The molecule has 5 nitrogen and oxygen atoms in total. The average Bonchev–Trinajstić information content (AvgIpc) is 2.64. The molecule has 0 bridgehead atoms. The quantitative estimate of drug-likeness (QED) is 0.680. The zero-order chi connectivity index (χ0) is 18.9. The monoisotopic (exact) mass is 417 g/mol. The molecule has 0 heterocycles. The Labute approximate surface area is 162 Å². The molecule has 0 aromatic heterocycles. The largest absolute Gasteiger partial charge is 0.372 e. The highest BCUT2D eigenvalue weighted by molar-refractivity contribution is 9.10. The van der Waals surface area contributed by atoms with Crippen molar-refractivity contribution in [3.63, 3.8) is 0 Å². The second-order valence-electron chi connectivity index (χ2n) is 5.78. The van der Waals surface area contributed by atoms with Gasteiger partial charge < -0.3 is 15.5 Å². The third kappa shape index (κ3) is 5.88. The van der Waals surface area contributed by atoms with E-state index >= 15 is 0 Å². The molecular formula is C20H24BrN3O2. The first-order valence-electron chi connectivity index (χ1n) is 8.72. The standard InChI is InChI=1S/C20H24BrN3O2/c1-3-24(4-2)18-11-9-17(10-12-18)23-19(25)13-14-22-20(26)15-5-7-16(21)8-6-15/h5-12H,3-4,13-14H2,1-2H3,(H,22,26)(H,23,25). The molecule has 0 unspecified atom stereocenters. The molecule has 2 N–H and O–H groups in total. The van der Waals surface area contributed by atoms with Crippen LogP contribution < -0.4 is 15.5 Å². The number of anilines is 2. The number of rotatable bonds is 8. The van der Waals surface area contributed by atoms with E-state index in [1.807, 2.05) is 36.4 Å². The smallest absolute Gasteiger partial charge is 0.251 e. The van der Waals surface area contributed by atoms with Crippen molar-refractivity contribution in [1.82, 2.24) is 5.32 Å². The Morgan fingerprint density at radius 1 is 0.962 bits per heavy atom. The molecule has 0 fully saturated rings. The van der Waals surface area contributed by atoms with E-state index in [0.29, 0.717) is 5.56 Å². The van der Waals surface area contributed by atoms with Gasteiger partial charge in [-0.25, -0.2) is 0 Å². The number of nitrogens with zero attached hydrogens (tertiary/aromatic N) is 1. The minimum absolute atomic E-state index is 0.128. The fourth-order valence-electron chi connectivity index (χ4n) is 2.56. The summed E-state index contributed by atoms with van der Waals surface area (Å²) in [6.45, 7) is 6.41. The van der Waals surface area contributed by atoms with Crippen molar-refractivity contribution in [1.29, 1.82) is 0 Å². The van der Waals surface area contributed by atoms with Crippen LogP contribution in [0.4, 0.5) is 11.4 Å². The first kappa shape index (κ1) is 20.0. The van der Waals surface area contributed by atoms with Gasteiger partial charge in [0.1, 0.15) is 0 Å². The number of hydrogen-bond donors (Lipinski definition) is 2. The van der Waals surface area contributed by atoms with E-state index in [-0.39, 0.29) is 24.8 Å². The highest BCUT2D eigenvalue weighted by Crippen LogP contribution is 2.17. The van der Waals surface area contributed by atoms with Crippen LogP contribution in [0.1, 0.15) is 30.6 Å². The number of nitrogens with one attached hydrogen (secondary N) is 2. The van der Waals surface area contributed by atoms with E-state index in [2.05, 4.69) is 45.3 Å². The molecule has 0 spiro atoms. The third-order valence-electron chi connectivity index (χ3n) is 4.02. The fraction of sp³-hybridized carbons (Fsp3) is 0.300. The van der Waals surface area contributed by atoms with Gasteiger partial charge in [0.15, 0.2) is 0 Å². The van der Waals surface area contributed by atoms with E-state index in [4.69, 9.17) is 0 Å². The van der Waals surface area contributed by atoms with E-state index in [1.165, 1.54) is 0 Å². The van der Waals surface area contributed by atoms with Gasteiger partial charge in [0.25, 0.3) is 5.91 Å². The predicted octanol–water partition coefficient (Wildman–Crippen LogP) is 4.05. The molecule has 0 saturated carbocycles. The van der Waals surface area contributed by atoms with Gasteiger partial charge in [-0.3, -0.25) is 9.59 Å². The van der Waals surface area contributed by atoms with Gasteiger partial charge in [0.2, 0.25) is 5.91 Å². The van der Waals surface area contributed by atoms with Crippen LogP contribution in [0.2, 0.25) is 0 Å². The van der Waals surface area contributed by atoms with Gasteiger partial charge in [-0.2, -0.15) is 0 Å². The zero-order valence-electron chi connectivity index (χ0n) is 15.1. The maximum Gasteiger partial charge on any atom is 0.251 e. The Bertz CT molecular complexity index is 726. The van der Waals surface area contributed by atoms with E-state index in [0.717, 1.165) is 28.9 Å².